The molecule has 0 amide bonds. The molecule has 90 valence electrons. The fourth-order valence-electron chi connectivity index (χ4n) is 0.960. The van der Waals surface area contributed by atoms with Gasteiger partial charge in [-0.25, -0.2) is 0 Å². The van der Waals surface area contributed by atoms with Gasteiger partial charge in [0.05, 0.1) is 0 Å². The van der Waals surface area contributed by atoms with E-state index in [9.17, 15) is 0 Å². The highest BCUT2D eigenvalue weighted by Crippen LogP contribution is 2.02. The SMILES string of the molecule is C=C/C=C\C.CC.CCc1ccc(C)cc1. The van der Waals surface area contributed by atoms with E-state index in [1.807, 2.05) is 32.9 Å². The molecule has 0 aromatic heterocycles. The fraction of sp³-hybridized carbons (Fsp3) is 0.375. The molecule has 0 heteroatoms. The van der Waals surface area contributed by atoms with Crippen LogP contribution < -0.4 is 0 Å². The molecule has 0 atom stereocenters. The molecule has 0 aliphatic rings. The summed E-state index contributed by atoms with van der Waals surface area (Å²) in [4.78, 5) is 0. The molecular weight excluding hydrogens is 192 g/mol. The van der Waals surface area contributed by atoms with E-state index in [0.29, 0.717) is 0 Å². The van der Waals surface area contributed by atoms with Crippen molar-refractivity contribution in [3.63, 3.8) is 0 Å². The molecule has 16 heavy (non-hydrogen) atoms. The summed E-state index contributed by atoms with van der Waals surface area (Å²) in [6, 6.07) is 8.66. The summed E-state index contributed by atoms with van der Waals surface area (Å²) in [6.07, 6.45) is 6.72. The summed E-state index contributed by atoms with van der Waals surface area (Å²) in [5, 5.41) is 0. The van der Waals surface area contributed by atoms with Crippen LogP contribution in [0.1, 0.15) is 38.8 Å². The third kappa shape index (κ3) is 10.8. The topological polar surface area (TPSA) is 0 Å². The van der Waals surface area contributed by atoms with Gasteiger partial charge >= 0.3 is 0 Å². The maximum absolute atomic E-state index is 3.46. The van der Waals surface area contributed by atoms with Crippen molar-refractivity contribution >= 4 is 0 Å². The van der Waals surface area contributed by atoms with Crippen molar-refractivity contribution in [3.8, 4) is 0 Å². The van der Waals surface area contributed by atoms with E-state index in [1.54, 1.807) is 6.08 Å². The summed E-state index contributed by atoms with van der Waals surface area (Å²) < 4.78 is 0. The van der Waals surface area contributed by atoms with Crippen molar-refractivity contribution in [3.05, 3.63) is 60.2 Å². The van der Waals surface area contributed by atoms with Gasteiger partial charge < -0.3 is 0 Å². The highest BCUT2D eigenvalue weighted by Gasteiger charge is 1.84. The second-order valence-corrected chi connectivity index (χ2v) is 3.10. The molecule has 0 spiro atoms. The lowest BCUT2D eigenvalue weighted by molar-refractivity contribution is 1.14. The van der Waals surface area contributed by atoms with Gasteiger partial charge in [-0.1, -0.05) is 75.4 Å². The molecule has 0 fully saturated rings. The maximum Gasteiger partial charge on any atom is -0.0307 e. The summed E-state index contributed by atoms with van der Waals surface area (Å²) >= 11 is 0. The Morgan fingerprint density at radius 3 is 1.88 bits per heavy atom. The molecule has 0 heterocycles. The van der Waals surface area contributed by atoms with Gasteiger partial charge in [0.2, 0.25) is 0 Å². The van der Waals surface area contributed by atoms with Gasteiger partial charge in [-0.2, -0.15) is 0 Å². The Morgan fingerprint density at radius 1 is 1.12 bits per heavy atom. The van der Waals surface area contributed by atoms with Crippen LogP contribution in [0.5, 0.6) is 0 Å². The van der Waals surface area contributed by atoms with Crippen LogP contribution in [0, 0.1) is 6.92 Å². The van der Waals surface area contributed by atoms with Gasteiger partial charge in [0.15, 0.2) is 0 Å². The van der Waals surface area contributed by atoms with Crippen LogP contribution in [0.25, 0.3) is 0 Å². The lowest BCUT2D eigenvalue weighted by atomic mass is 10.1. The van der Waals surface area contributed by atoms with Gasteiger partial charge in [0.25, 0.3) is 0 Å². The summed E-state index contributed by atoms with van der Waals surface area (Å²) in [5.74, 6) is 0. The number of aryl methyl sites for hydroxylation is 2. The van der Waals surface area contributed by atoms with Crippen molar-refractivity contribution < 1.29 is 0 Å². The predicted molar refractivity (Wildman–Crippen MR) is 76.9 cm³/mol. The fourth-order valence-corrected chi connectivity index (χ4v) is 0.960. The average Bonchev–Trinajstić information content (AvgIpc) is 2.34. The number of hydrogen-bond acceptors (Lipinski definition) is 0. The molecular formula is C16H26. The molecule has 0 aliphatic carbocycles. The van der Waals surface area contributed by atoms with Crippen molar-refractivity contribution in [2.75, 3.05) is 0 Å². The van der Waals surface area contributed by atoms with Crippen LogP contribution in [-0.4, -0.2) is 0 Å². The van der Waals surface area contributed by atoms with E-state index >= 15 is 0 Å². The Morgan fingerprint density at radius 2 is 1.62 bits per heavy atom. The van der Waals surface area contributed by atoms with Crippen molar-refractivity contribution in [2.24, 2.45) is 0 Å². The first-order valence-corrected chi connectivity index (χ1v) is 6.03. The monoisotopic (exact) mass is 218 g/mol. The Labute approximate surface area is 102 Å². The Hall–Kier alpha value is -1.30. The van der Waals surface area contributed by atoms with E-state index in [4.69, 9.17) is 0 Å². The molecule has 1 rings (SSSR count). The first-order chi connectivity index (χ1) is 7.74. The van der Waals surface area contributed by atoms with Gasteiger partial charge in [-0.3, -0.25) is 0 Å². The van der Waals surface area contributed by atoms with Crippen LogP contribution in [0.4, 0.5) is 0 Å². The first-order valence-electron chi connectivity index (χ1n) is 6.03. The quantitative estimate of drug-likeness (QED) is 0.588. The van der Waals surface area contributed by atoms with Gasteiger partial charge in [-0.05, 0) is 25.8 Å². The number of allylic oxidation sites excluding steroid dienone is 3. The number of rotatable bonds is 2. The van der Waals surface area contributed by atoms with Crippen LogP contribution in [0.2, 0.25) is 0 Å². The van der Waals surface area contributed by atoms with Crippen LogP contribution >= 0.6 is 0 Å². The van der Waals surface area contributed by atoms with E-state index in [1.165, 1.54) is 11.1 Å². The van der Waals surface area contributed by atoms with E-state index in [2.05, 4.69) is 44.7 Å². The number of hydrogen-bond donors (Lipinski definition) is 0. The lowest BCUT2D eigenvalue weighted by Crippen LogP contribution is -1.77. The third-order valence-electron chi connectivity index (χ3n) is 1.86. The molecule has 0 saturated heterocycles. The zero-order valence-electron chi connectivity index (χ0n) is 11.5. The summed E-state index contributed by atoms with van der Waals surface area (Å²) in [5.41, 5.74) is 2.76. The van der Waals surface area contributed by atoms with Crippen LogP contribution in [0.3, 0.4) is 0 Å². The molecule has 1 aromatic rings. The lowest BCUT2D eigenvalue weighted by Gasteiger charge is -1.94. The molecule has 0 nitrogen and oxygen atoms in total. The van der Waals surface area contributed by atoms with E-state index in [0.717, 1.165) is 6.42 Å². The average molecular weight is 218 g/mol. The van der Waals surface area contributed by atoms with Crippen LogP contribution in [0.15, 0.2) is 49.1 Å². The van der Waals surface area contributed by atoms with E-state index in [-0.39, 0.29) is 0 Å². The minimum atomic E-state index is 1.14. The molecule has 1 aromatic carbocycles. The molecule has 0 radical (unpaired) electrons. The Bertz CT molecular complexity index is 265. The highest BCUT2D eigenvalue weighted by molar-refractivity contribution is 5.20. The van der Waals surface area contributed by atoms with Crippen molar-refractivity contribution in [1.82, 2.24) is 0 Å². The molecule has 0 aliphatic heterocycles. The second kappa shape index (κ2) is 13.7. The minimum absolute atomic E-state index is 1.14. The Kier molecular flexibility index (Phi) is 14.6. The van der Waals surface area contributed by atoms with Crippen LogP contribution in [-0.2, 0) is 6.42 Å². The zero-order chi connectivity index (χ0) is 12.8. The van der Waals surface area contributed by atoms with Crippen molar-refractivity contribution in [2.45, 2.75) is 41.0 Å². The highest BCUT2D eigenvalue weighted by atomic mass is 13.9. The first kappa shape index (κ1) is 17.1. The zero-order valence-corrected chi connectivity index (χ0v) is 11.5. The maximum atomic E-state index is 3.46. The second-order valence-electron chi connectivity index (χ2n) is 3.10. The molecule has 0 bridgehead atoms. The number of benzene rings is 1. The molecule has 0 unspecified atom stereocenters. The Balaban J connectivity index is 0. The largest absolute Gasteiger partial charge is 0.0991 e. The minimum Gasteiger partial charge on any atom is -0.0991 e. The molecule has 0 saturated carbocycles. The molecule has 0 N–H and O–H groups in total. The standard InChI is InChI=1S/C9H12.C5H8.C2H6/c1-3-9-6-4-8(2)5-7-9;1-3-5-4-2;1-2/h4-7H,3H2,1-2H3;3-5H,1H2,2H3;1-2H3/b;5-4-;. The van der Waals surface area contributed by atoms with Gasteiger partial charge in [0, 0.05) is 0 Å². The van der Waals surface area contributed by atoms with Gasteiger partial charge in [-0.15, -0.1) is 0 Å². The third-order valence-corrected chi connectivity index (χ3v) is 1.86. The normalized spacial score (nSPS) is 8.56. The van der Waals surface area contributed by atoms with Crippen molar-refractivity contribution in [1.29, 1.82) is 0 Å². The summed E-state index contributed by atoms with van der Waals surface area (Å²) in [6.45, 7) is 13.7. The summed E-state index contributed by atoms with van der Waals surface area (Å²) in [7, 11) is 0. The van der Waals surface area contributed by atoms with E-state index < -0.39 is 0 Å². The smallest absolute Gasteiger partial charge is 0.0307 e. The predicted octanol–water partition coefficient (Wildman–Crippen LogP) is 5.33. The van der Waals surface area contributed by atoms with Gasteiger partial charge in [0.1, 0.15) is 0 Å².